The van der Waals surface area contributed by atoms with Crippen molar-refractivity contribution in [2.45, 2.75) is 37.5 Å². The standard InChI is InChI=1S/C25H31N3O8S/c1-19(29)17-35-13-6-8-22(31)18-36-14-5-7-21(30)16-27-25(32)20-11-12-24(26-15-20)28-37(33,34)23-9-3-2-4-10-23/h2-4,9-12,15H,5-8,13-14,16-18H2,1H3,(H,26,28)(H,27,32). The van der Waals surface area contributed by atoms with Crippen LogP contribution >= 0.6 is 0 Å². The van der Waals surface area contributed by atoms with Crippen LogP contribution in [-0.2, 0) is 33.9 Å². The summed E-state index contributed by atoms with van der Waals surface area (Å²) in [4.78, 5) is 50.7. The molecule has 0 spiro atoms. The number of carbonyl (C=O) groups excluding carboxylic acids is 4. The van der Waals surface area contributed by atoms with Crippen LogP contribution in [0.1, 0.15) is 43.0 Å². The second-order valence-corrected chi connectivity index (χ2v) is 9.81. The Morgan fingerprint density at radius 2 is 1.51 bits per heavy atom. The SMILES string of the molecule is CC(=O)COCCCC(=O)COCCCC(=O)CNC(=O)c1ccc(NS(=O)(=O)c2ccccc2)nc1. The Morgan fingerprint density at radius 1 is 0.865 bits per heavy atom. The first kappa shape index (κ1) is 29.7. The van der Waals surface area contributed by atoms with Gasteiger partial charge in [0.2, 0.25) is 0 Å². The number of amides is 1. The lowest BCUT2D eigenvalue weighted by Gasteiger charge is -2.08. The quantitative estimate of drug-likeness (QED) is 0.273. The van der Waals surface area contributed by atoms with Crippen molar-refractivity contribution in [2.75, 3.05) is 37.7 Å². The van der Waals surface area contributed by atoms with Gasteiger partial charge in [-0.25, -0.2) is 13.4 Å². The zero-order chi connectivity index (χ0) is 27.1. The number of hydrogen-bond donors (Lipinski definition) is 2. The van der Waals surface area contributed by atoms with E-state index in [1.165, 1.54) is 37.4 Å². The molecule has 1 aromatic carbocycles. The van der Waals surface area contributed by atoms with Crippen LogP contribution in [-0.4, -0.2) is 69.6 Å². The number of nitrogens with one attached hydrogen (secondary N) is 2. The number of anilines is 1. The van der Waals surface area contributed by atoms with Gasteiger partial charge in [-0.15, -0.1) is 0 Å². The fourth-order valence-electron chi connectivity index (χ4n) is 2.97. The normalized spacial score (nSPS) is 11.1. The number of sulfonamides is 1. The highest BCUT2D eigenvalue weighted by molar-refractivity contribution is 7.92. The lowest BCUT2D eigenvalue weighted by molar-refractivity contribution is -0.124. The first-order chi connectivity index (χ1) is 17.7. The third-order valence-electron chi connectivity index (χ3n) is 4.82. The van der Waals surface area contributed by atoms with E-state index in [1.54, 1.807) is 18.2 Å². The second kappa shape index (κ2) is 15.6. The van der Waals surface area contributed by atoms with E-state index in [9.17, 15) is 27.6 Å². The molecule has 0 aliphatic carbocycles. The number of ketones is 3. The van der Waals surface area contributed by atoms with Crippen LogP contribution in [0.4, 0.5) is 5.82 Å². The number of benzene rings is 1. The van der Waals surface area contributed by atoms with Crippen LogP contribution in [0.25, 0.3) is 0 Å². The van der Waals surface area contributed by atoms with Gasteiger partial charge in [-0.05, 0) is 44.0 Å². The van der Waals surface area contributed by atoms with Gasteiger partial charge in [-0.2, -0.15) is 0 Å². The van der Waals surface area contributed by atoms with Crippen LogP contribution in [0.3, 0.4) is 0 Å². The van der Waals surface area contributed by atoms with Crippen molar-refractivity contribution in [3.63, 3.8) is 0 Å². The Kier molecular flexibility index (Phi) is 12.5. The highest BCUT2D eigenvalue weighted by atomic mass is 32.2. The zero-order valence-corrected chi connectivity index (χ0v) is 21.4. The Bertz CT molecular complexity index is 1150. The van der Waals surface area contributed by atoms with E-state index >= 15 is 0 Å². The number of nitrogens with zero attached hydrogens (tertiary/aromatic N) is 1. The summed E-state index contributed by atoms with van der Waals surface area (Å²) in [5.74, 6) is -0.825. The van der Waals surface area contributed by atoms with E-state index in [2.05, 4.69) is 15.0 Å². The number of aromatic nitrogens is 1. The zero-order valence-electron chi connectivity index (χ0n) is 20.6. The molecule has 0 saturated heterocycles. The van der Waals surface area contributed by atoms with E-state index in [-0.39, 0.29) is 72.8 Å². The number of carbonyl (C=O) groups is 4. The van der Waals surface area contributed by atoms with Gasteiger partial charge in [0, 0.05) is 32.3 Å². The molecule has 0 aliphatic rings. The molecule has 37 heavy (non-hydrogen) atoms. The lowest BCUT2D eigenvalue weighted by atomic mass is 10.2. The maximum atomic E-state index is 12.3. The van der Waals surface area contributed by atoms with Crippen molar-refractivity contribution in [1.29, 1.82) is 0 Å². The maximum Gasteiger partial charge on any atom is 0.263 e. The molecule has 0 bridgehead atoms. The van der Waals surface area contributed by atoms with E-state index < -0.39 is 15.9 Å². The summed E-state index contributed by atoms with van der Waals surface area (Å²) in [6.45, 7) is 1.80. The minimum atomic E-state index is -3.80. The summed E-state index contributed by atoms with van der Waals surface area (Å²) >= 11 is 0. The van der Waals surface area contributed by atoms with Crippen molar-refractivity contribution < 1.29 is 37.1 Å². The van der Waals surface area contributed by atoms with Crippen LogP contribution < -0.4 is 10.0 Å². The average Bonchev–Trinajstić information content (AvgIpc) is 2.87. The Balaban J connectivity index is 1.61. The van der Waals surface area contributed by atoms with Gasteiger partial charge in [0.05, 0.1) is 17.0 Å². The number of rotatable bonds is 18. The van der Waals surface area contributed by atoms with Crippen LogP contribution in [0.2, 0.25) is 0 Å². The summed E-state index contributed by atoms with van der Waals surface area (Å²) in [7, 11) is -3.80. The van der Waals surface area contributed by atoms with Crippen molar-refractivity contribution in [3.8, 4) is 0 Å². The molecule has 0 saturated carbocycles. The van der Waals surface area contributed by atoms with E-state index in [4.69, 9.17) is 9.47 Å². The first-order valence-electron chi connectivity index (χ1n) is 11.7. The summed E-state index contributed by atoms with van der Waals surface area (Å²) in [6.07, 6.45) is 2.59. The molecule has 1 amide bonds. The molecule has 11 nitrogen and oxygen atoms in total. The van der Waals surface area contributed by atoms with Gasteiger partial charge in [-0.3, -0.25) is 23.9 Å². The van der Waals surface area contributed by atoms with E-state index in [0.29, 0.717) is 19.4 Å². The third-order valence-corrected chi connectivity index (χ3v) is 6.19. The van der Waals surface area contributed by atoms with Crippen molar-refractivity contribution >= 4 is 39.1 Å². The monoisotopic (exact) mass is 533 g/mol. The molecule has 0 atom stereocenters. The fourth-order valence-corrected chi connectivity index (χ4v) is 4.00. The van der Waals surface area contributed by atoms with Gasteiger partial charge >= 0.3 is 0 Å². The molecule has 0 unspecified atom stereocenters. The molecule has 2 aromatic rings. The van der Waals surface area contributed by atoms with Gasteiger partial charge < -0.3 is 14.8 Å². The minimum absolute atomic E-state index is 0.0431. The number of Topliss-reactive ketones (excluding diaryl/α,β-unsaturated/α-hetero) is 3. The highest BCUT2D eigenvalue weighted by Gasteiger charge is 2.15. The highest BCUT2D eigenvalue weighted by Crippen LogP contribution is 2.14. The molecule has 0 radical (unpaired) electrons. The minimum Gasteiger partial charge on any atom is -0.374 e. The summed E-state index contributed by atoms with van der Waals surface area (Å²) in [5.41, 5.74) is 0.170. The maximum absolute atomic E-state index is 12.3. The average molecular weight is 534 g/mol. The third kappa shape index (κ3) is 11.9. The van der Waals surface area contributed by atoms with Crippen LogP contribution in [0.5, 0.6) is 0 Å². The van der Waals surface area contributed by atoms with Gasteiger partial charge in [-0.1, -0.05) is 18.2 Å². The largest absolute Gasteiger partial charge is 0.374 e. The Labute approximate surface area is 216 Å². The topological polar surface area (TPSA) is 158 Å². The van der Waals surface area contributed by atoms with Crippen LogP contribution in [0.15, 0.2) is 53.6 Å². The number of hydrogen-bond acceptors (Lipinski definition) is 9. The molecule has 1 aromatic heterocycles. The van der Waals surface area contributed by atoms with Crippen molar-refractivity contribution in [3.05, 3.63) is 54.2 Å². The predicted octanol–water partition coefficient (Wildman–Crippen LogP) is 1.93. The fraction of sp³-hybridized carbons (Fsp3) is 0.400. The smallest absolute Gasteiger partial charge is 0.263 e. The van der Waals surface area contributed by atoms with E-state index in [1.807, 2.05) is 0 Å². The predicted molar refractivity (Wildman–Crippen MR) is 135 cm³/mol. The van der Waals surface area contributed by atoms with Crippen molar-refractivity contribution in [2.24, 2.45) is 0 Å². The van der Waals surface area contributed by atoms with Crippen LogP contribution in [0, 0.1) is 0 Å². The first-order valence-corrected chi connectivity index (χ1v) is 13.2. The molecule has 1 heterocycles. The molecule has 200 valence electrons. The summed E-state index contributed by atoms with van der Waals surface area (Å²) in [5, 5.41) is 2.50. The Morgan fingerprint density at radius 3 is 2.14 bits per heavy atom. The molecule has 12 heteroatoms. The summed E-state index contributed by atoms with van der Waals surface area (Å²) in [6, 6.07) is 10.6. The van der Waals surface area contributed by atoms with Crippen molar-refractivity contribution in [1.82, 2.24) is 10.3 Å². The van der Waals surface area contributed by atoms with Gasteiger partial charge in [0.1, 0.15) is 19.0 Å². The van der Waals surface area contributed by atoms with Gasteiger partial charge in [0.25, 0.3) is 15.9 Å². The Hall–Kier alpha value is -3.48. The molecule has 2 rings (SSSR count). The molecular formula is C25H31N3O8S. The molecule has 0 fully saturated rings. The lowest BCUT2D eigenvalue weighted by Crippen LogP contribution is -2.29. The molecule has 2 N–H and O–H groups in total. The molecule has 0 aliphatic heterocycles. The number of pyridine rings is 1. The van der Waals surface area contributed by atoms with Gasteiger partial charge in [0.15, 0.2) is 17.3 Å². The molecular weight excluding hydrogens is 502 g/mol. The van der Waals surface area contributed by atoms with E-state index in [0.717, 1.165) is 0 Å². The summed E-state index contributed by atoms with van der Waals surface area (Å²) < 4.78 is 37.4. The second-order valence-electron chi connectivity index (χ2n) is 8.12. The number of ether oxygens (including phenoxy) is 2.